The van der Waals surface area contributed by atoms with Crippen LogP contribution in [-0.4, -0.2) is 42.7 Å². The number of rotatable bonds is 6. The van der Waals surface area contributed by atoms with Gasteiger partial charge in [-0.25, -0.2) is 9.97 Å². The number of nitrogens with one attached hydrogen (secondary N) is 1. The predicted octanol–water partition coefficient (Wildman–Crippen LogP) is 2.67. The summed E-state index contributed by atoms with van der Waals surface area (Å²) in [5, 5.41) is 26.6. The van der Waals surface area contributed by atoms with E-state index >= 15 is 0 Å². The third-order valence-electron chi connectivity index (χ3n) is 4.78. The Morgan fingerprint density at radius 1 is 1.23 bits per heavy atom. The van der Waals surface area contributed by atoms with Gasteiger partial charge in [-0.2, -0.15) is 19.1 Å². The van der Waals surface area contributed by atoms with Crippen LogP contribution in [0.3, 0.4) is 0 Å². The van der Waals surface area contributed by atoms with Crippen molar-refractivity contribution in [2.24, 2.45) is 0 Å². The minimum atomic E-state index is -3.55. The summed E-state index contributed by atoms with van der Waals surface area (Å²) in [4.78, 5) is 20.3. The van der Waals surface area contributed by atoms with Gasteiger partial charge >= 0.3 is 5.92 Å². The molecule has 0 saturated carbocycles. The quantitative estimate of drug-likeness (QED) is 0.624. The fourth-order valence-electron chi connectivity index (χ4n) is 3.21. The molecule has 2 heterocycles. The fraction of sp³-hybridized carbons (Fsp3) is 0.381. The van der Waals surface area contributed by atoms with Crippen molar-refractivity contribution in [3.05, 3.63) is 53.7 Å². The molecule has 0 radical (unpaired) electrons. The van der Waals surface area contributed by atoms with Crippen LogP contribution in [0.4, 0.5) is 8.78 Å². The molecular formula is C21H22F2N6O2. The molecule has 0 aliphatic carbocycles. The van der Waals surface area contributed by atoms with Gasteiger partial charge in [0.2, 0.25) is 0 Å². The largest absolute Gasteiger partial charge is 0.382 e. The first kappa shape index (κ1) is 22.2. The van der Waals surface area contributed by atoms with Crippen LogP contribution in [0, 0.1) is 11.3 Å². The molecule has 2 N–H and O–H groups in total. The zero-order valence-electron chi connectivity index (χ0n) is 17.5. The lowest BCUT2D eigenvalue weighted by atomic mass is 10.0. The van der Waals surface area contributed by atoms with E-state index < -0.39 is 29.5 Å². The molecule has 10 heteroatoms. The highest BCUT2D eigenvalue weighted by Gasteiger charge is 2.36. The number of carbonyl (C=O) groups excluding carboxylic acids is 1. The van der Waals surface area contributed by atoms with Gasteiger partial charge < -0.3 is 10.4 Å². The van der Waals surface area contributed by atoms with Gasteiger partial charge in [-0.3, -0.25) is 9.48 Å². The van der Waals surface area contributed by atoms with E-state index in [-0.39, 0.29) is 5.82 Å². The molecule has 2 atom stereocenters. The minimum absolute atomic E-state index is 0.191. The monoisotopic (exact) mass is 428 g/mol. The highest BCUT2D eigenvalue weighted by atomic mass is 19.3. The Bertz CT molecular complexity index is 1140. The molecule has 0 spiro atoms. The normalized spacial score (nSPS) is 14.1. The van der Waals surface area contributed by atoms with Crippen LogP contribution in [0.2, 0.25) is 0 Å². The van der Waals surface area contributed by atoms with Gasteiger partial charge in [0, 0.05) is 30.3 Å². The highest BCUT2D eigenvalue weighted by molar-refractivity contribution is 5.83. The first-order chi connectivity index (χ1) is 14.4. The maximum Gasteiger partial charge on any atom is 0.321 e. The first-order valence-corrected chi connectivity index (χ1v) is 9.53. The molecule has 1 unspecified atom stereocenters. The fourth-order valence-corrected chi connectivity index (χ4v) is 3.21. The van der Waals surface area contributed by atoms with Crippen molar-refractivity contribution in [2.75, 3.05) is 0 Å². The van der Waals surface area contributed by atoms with Crippen LogP contribution < -0.4 is 5.32 Å². The molecule has 0 aliphatic heterocycles. The van der Waals surface area contributed by atoms with E-state index in [4.69, 9.17) is 5.26 Å². The summed E-state index contributed by atoms with van der Waals surface area (Å²) < 4.78 is 28.5. The molecule has 162 valence electrons. The van der Waals surface area contributed by atoms with Crippen molar-refractivity contribution < 1.29 is 18.7 Å². The molecule has 8 nitrogen and oxygen atoms in total. The molecule has 3 aromatic rings. The number of fused-ring (bicyclic) bond motifs is 1. The van der Waals surface area contributed by atoms with E-state index in [0.29, 0.717) is 29.0 Å². The molecule has 0 saturated heterocycles. The molecule has 0 bridgehead atoms. The Kier molecular flexibility index (Phi) is 5.74. The Morgan fingerprint density at radius 3 is 2.42 bits per heavy atom. The van der Waals surface area contributed by atoms with Crippen molar-refractivity contribution in [3.8, 4) is 6.07 Å². The number of hydrogen-bond donors (Lipinski definition) is 2. The Labute approximate surface area is 177 Å². The van der Waals surface area contributed by atoms with Crippen LogP contribution >= 0.6 is 0 Å². The lowest BCUT2D eigenvalue weighted by Gasteiger charge is -2.27. The number of alkyl halides is 2. The molecule has 1 amide bonds. The lowest BCUT2D eigenvalue weighted by Crippen LogP contribution is -2.46. The summed E-state index contributed by atoms with van der Waals surface area (Å²) in [6.07, 6.45) is 4.49. The standard InChI is InChI=1S/C21H22F2N6O2/c1-12(28-19(30)21(4,22)23)17(15-9-25-18(26-10-15)20(2,3)31)29-16-6-5-13(8-24)7-14(16)11-27-29/h5-7,9-12,17,31H,1-4H3,(H,28,30)/t12-,17?/m1/s1. The number of carbonyl (C=O) groups is 1. The van der Waals surface area contributed by atoms with E-state index in [1.54, 1.807) is 49.8 Å². The second-order valence-electron chi connectivity index (χ2n) is 7.97. The van der Waals surface area contributed by atoms with Crippen LogP contribution in [0.25, 0.3) is 10.9 Å². The van der Waals surface area contributed by atoms with Gasteiger partial charge in [-0.15, -0.1) is 0 Å². The number of nitrogens with zero attached hydrogens (tertiary/aromatic N) is 5. The van der Waals surface area contributed by atoms with Crippen molar-refractivity contribution in [3.63, 3.8) is 0 Å². The van der Waals surface area contributed by atoms with Gasteiger partial charge in [0.05, 0.1) is 29.4 Å². The first-order valence-electron chi connectivity index (χ1n) is 9.53. The number of nitriles is 1. The maximum atomic E-state index is 13.5. The third-order valence-corrected chi connectivity index (χ3v) is 4.78. The number of amides is 1. The van der Waals surface area contributed by atoms with Crippen LogP contribution in [0.5, 0.6) is 0 Å². The molecule has 2 aromatic heterocycles. The number of aromatic nitrogens is 4. The minimum Gasteiger partial charge on any atom is -0.382 e. The average Bonchev–Trinajstić information content (AvgIpc) is 3.10. The summed E-state index contributed by atoms with van der Waals surface area (Å²) in [6.45, 7) is 5.19. The molecule has 31 heavy (non-hydrogen) atoms. The van der Waals surface area contributed by atoms with E-state index in [9.17, 15) is 18.7 Å². The zero-order valence-corrected chi connectivity index (χ0v) is 17.5. The lowest BCUT2D eigenvalue weighted by molar-refractivity contribution is -0.143. The van der Waals surface area contributed by atoms with Crippen LogP contribution in [0.1, 0.15) is 50.7 Å². The maximum absolute atomic E-state index is 13.5. The molecule has 0 fully saturated rings. The number of halogens is 2. The predicted molar refractivity (Wildman–Crippen MR) is 108 cm³/mol. The third kappa shape index (κ3) is 4.67. The van der Waals surface area contributed by atoms with E-state index in [2.05, 4.69) is 26.5 Å². The number of benzene rings is 1. The second kappa shape index (κ2) is 8.00. The summed E-state index contributed by atoms with van der Waals surface area (Å²) >= 11 is 0. The van der Waals surface area contributed by atoms with Crippen LogP contribution in [0.15, 0.2) is 36.8 Å². The zero-order chi connectivity index (χ0) is 23.0. The van der Waals surface area contributed by atoms with E-state index in [1.807, 2.05) is 0 Å². The molecule has 0 aliphatic rings. The van der Waals surface area contributed by atoms with Crippen molar-refractivity contribution >= 4 is 16.8 Å². The van der Waals surface area contributed by atoms with Crippen LogP contribution in [-0.2, 0) is 10.4 Å². The summed E-state index contributed by atoms with van der Waals surface area (Å²) in [5.41, 5.74) is 0.326. The second-order valence-corrected chi connectivity index (χ2v) is 7.97. The molecule has 1 aromatic carbocycles. The smallest absolute Gasteiger partial charge is 0.321 e. The Morgan fingerprint density at radius 2 is 1.87 bits per heavy atom. The Balaban J connectivity index is 2.09. The highest BCUT2D eigenvalue weighted by Crippen LogP contribution is 2.28. The van der Waals surface area contributed by atoms with Crippen molar-refractivity contribution in [2.45, 2.75) is 51.3 Å². The van der Waals surface area contributed by atoms with Crippen molar-refractivity contribution in [1.29, 1.82) is 5.26 Å². The summed E-state index contributed by atoms with van der Waals surface area (Å²) in [6, 6.07) is 5.49. The SMILES string of the molecule is C[C@@H](NC(=O)C(C)(F)F)C(c1cnc(C(C)(C)O)nc1)n1ncc2cc(C#N)ccc21. The molecular weight excluding hydrogens is 406 g/mol. The van der Waals surface area contributed by atoms with Gasteiger partial charge in [-0.1, -0.05) is 0 Å². The summed E-state index contributed by atoms with van der Waals surface area (Å²) in [7, 11) is 0. The van der Waals surface area contributed by atoms with Gasteiger partial charge in [0.1, 0.15) is 11.6 Å². The average molecular weight is 428 g/mol. The molecule has 3 rings (SSSR count). The Hall–Kier alpha value is -3.45. The van der Waals surface area contributed by atoms with E-state index in [0.717, 1.165) is 0 Å². The topological polar surface area (TPSA) is 117 Å². The van der Waals surface area contributed by atoms with Gasteiger partial charge in [-0.05, 0) is 39.0 Å². The summed E-state index contributed by atoms with van der Waals surface area (Å²) in [5.74, 6) is -4.77. The van der Waals surface area contributed by atoms with Gasteiger partial charge in [0.15, 0.2) is 5.82 Å². The number of hydrogen-bond acceptors (Lipinski definition) is 6. The van der Waals surface area contributed by atoms with E-state index in [1.165, 1.54) is 12.4 Å². The van der Waals surface area contributed by atoms with Crippen molar-refractivity contribution in [1.82, 2.24) is 25.1 Å². The van der Waals surface area contributed by atoms with Gasteiger partial charge in [0.25, 0.3) is 5.91 Å². The number of aliphatic hydroxyl groups is 1.